The van der Waals surface area contributed by atoms with E-state index in [9.17, 15) is 5.11 Å². The van der Waals surface area contributed by atoms with Gasteiger partial charge in [0.15, 0.2) is 0 Å². The molecule has 12 heavy (non-hydrogen) atoms. The average Bonchev–Trinajstić information content (AvgIpc) is 2.06. The van der Waals surface area contributed by atoms with E-state index < -0.39 is 0 Å². The second-order valence-electron chi connectivity index (χ2n) is 2.50. The molecule has 1 heterocycles. The van der Waals surface area contributed by atoms with Crippen LogP contribution in [-0.2, 0) is 0 Å². The van der Waals surface area contributed by atoms with E-state index in [2.05, 4.69) is 5.10 Å². The van der Waals surface area contributed by atoms with Gasteiger partial charge in [0.2, 0.25) is 12.4 Å². The molecule has 0 amide bonds. The molecule has 1 rings (SSSR count). The van der Waals surface area contributed by atoms with E-state index in [1.807, 2.05) is 25.1 Å². The minimum absolute atomic E-state index is 0.0753. The van der Waals surface area contributed by atoms with Gasteiger partial charge in [0.05, 0.1) is 0 Å². The summed E-state index contributed by atoms with van der Waals surface area (Å²) in [4.78, 5) is 0. The van der Waals surface area contributed by atoms with Gasteiger partial charge in [-0.25, -0.2) is 0 Å². The molecule has 0 aliphatic carbocycles. The summed E-state index contributed by atoms with van der Waals surface area (Å²) in [5, 5.41) is 14.9. The molecule has 3 nitrogen and oxygen atoms in total. The lowest BCUT2D eigenvalue weighted by Crippen LogP contribution is -2.32. The predicted molar refractivity (Wildman–Crippen MR) is 44.4 cm³/mol. The molecule has 1 aromatic heterocycles. The van der Waals surface area contributed by atoms with Crippen LogP contribution in [0.15, 0.2) is 35.7 Å². The molecule has 1 aromatic rings. The Kier molecular flexibility index (Phi) is 3.26. The quantitative estimate of drug-likeness (QED) is 0.359. The van der Waals surface area contributed by atoms with Crippen molar-refractivity contribution in [1.29, 1.82) is 0 Å². The van der Waals surface area contributed by atoms with Crippen LogP contribution in [0.2, 0.25) is 0 Å². The second kappa shape index (κ2) is 4.49. The molecule has 0 aliphatic heterocycles. The number of pyridine rings is 1. The van der Waals surface area contributed by atoms with E-state index in [-0.39, 0.29) is 5.90 Å². The van der Waals surface area contributed by atoms with E-state index >= 15 is 0 Å². The van der Waals surface area contributed by atoms with Gasteiger partial charge in [0, 0.05) is 18.0 Å². The molecule has 0 aromatic carbocycles. The van der Waals surface area contributed by atoms with E-state index in [0.717, 1.165) is 6.42 Å². The van der Waals surface area contributed by atoms with Crippen molar-refractivity contribution in [2.75, 3.05) is 0 Å². The normalized spacial score (nSPS) is 11.6. The van der Waals surface area contributed by atoms with Crippen molar-refractivity contribution in [2.45, 2.75) is 19.8 Å². The van der Waals surface area contributed by atoms with Crippen molar-refractivity contribution in [3.63, 3.8) is 0 Å². The third-order valence-corrected chi connectivity index (χ3v) is 1.39. The Morgan fingerprint density at radius 3 is 2.58 bits per heavy atom. The van der Waals surface area contributed by atoms with Crippen LogP contribution >= 0.6 is 0 Å². The summed E-state index contributed by atoms with van der Waals surface area (Å²) in [5.41, 5.74) is 0. The topological polar surface area (TPSA) is 39.3 Å². The number of rotatable bonds is 3. The highest BCUT2D eigenvalue weighted by Gasteiger charge is 1.92. The summed E-state index contributed by atoms with van der Waals surface area (Å²) >= 11 is 0. The number of aromatic nitrogens is 1. The van der Waals surface area contributed by atoms with E-state index in [0.29, 0.717) is 6.42 Å². The summed E-state index contributed by atoms with van der Waals surface area (Å²) in [6, 6.07) is 5.56. The van der Waals surface area contributed by atoms with Gasteiger partial charge in [-0.15, -0.1) is 0 Å². The molecule has 0 N–H and O–H groups in total. The highest BCUT2D eigenvalue weighted by atomic mass is 16.3. The summed E-state index contributed by atoms with van der Waals surface area (Å²) in [7, 11) is 0. The van der Waals surface area contributed by atoms with Crippen LogP contribution in [0.3, 0.4) is 0 Å². The van der Waals surface area contributed by atoms with Crippen LogP contribution in [0, 0.1) is 0 Å². The van der Waals surface area contributed by atoms with Gasteiger partial charge in [-0.3, -0.25) is 0 Å². The van der Waals surface area contributed by atoms with Gasteiger partial charge in [-0.2, -0.15) is 0 Å². The van der Waals surface area contributed by atoms with E-state index in [4.69, 9.17) is 0 Å². The van der Waals surface area contributed by atoms with Crippen LogP contribution in [0.1, 0.15) is 19.8 Å². The fourth-order valence-electron chi connectivity index (χ4n) is 0.849. The minimum Gasteiger partial charge on any atom is -0.858 e. The molecule has 3 heteroatoms. The predicted octanol–water partition coefficient (Wildman–Crippen LogP) is 0.296. The molecular formula is C9H12N2O. The first-order valence-corrected chi connectivity index (χ1v) is 4.04. The van der Waals surface area contributed by atoms with Crippen molar-refractivity contribution in [3.05, 3.63) is 30.6 Å². The third kappa shape index (κ3) is 2.70. The lowest BCUT2D eigenvalue weighted by molar-refractivity contribution is -0.681. The Labute approximate surface area is 72.0 Å². The zero-order valence-electron chi connectivity index (χ0n) is 7.10. The fourth-order valence-corrected chi connectivity index (χ4v) is 0.849. The van der Waals surface area contributed by atoms with Crippen LogP contribution in [0.5, 0.6) is 0 Å². The molecule has 0 saturated carbocycles. The summed E-state index contributed by atoms with van der Waals surface area (Å²) in [6.45, 7) is 1.96. The highest BCUT2D eigenvalue weighted by molar-refractivity contribution is 5.70. The van der Waals surface area contributed by atoms with Gasteiger partial charge in [0.25, 0.3) is 0 Å². The molecule has 64 valence electrons. The molecule has 0 fully saturated rings. The molecule has 0 atom stereocenters. The lowest BCUT2D eigenvalue weighted by atomic mass is 10.3. The first-order valence-electron chi connectivity index (χ1n) is 4.04. The van der Waals surface area contributed by atoms with Crippen molar-refractivity contribution in [3.8, 4) is 0 Å². The standard InChI is InChI=1S/C9H12N2O/c1-2-6-9(12)10-11-7-4-3-5-8-11/h3-5,7-8H,2,6H2,1H3. The van der Waals surface area contributed by atoms with Crippen LogP contribution in [0.4, 0.5) is 0 Å². The van der Waals surface area contributed by atoms with Gasteiger partial charge in [0.1, 0.15) is 0 Å². The maximum atomic E-state index is 11.0. The summed E-state index contributed by atoms with van der Waals surface area (Å²) in [5.74, 6) is -0.0753. The maximum absolute atomic E-state index is 11.0. The molecule has 0 aliphatic rings. The van der Waals surface area contributed by atoms with E-state index in [1.165, 1.54) is 4.68 Å². The van der Waals surface area contributed by atoms with Gasteiger partial charge in [-0.05, 0) is 11.5 Å². The van der Waals surface area contributed by atoms with E-state index in [1.54, 1.807) is 12.4 Å². The average molecular weight is 164 g/mol. The van der Waals surface area contributed by atoms with Gasteiger partial charge in [-0.1, -0.05) is 24.1 Å². The van der Waals surface area contributed by atoms with Crippen molar-refractivity contribution >= 4 is 5.90 Å². The van der Waals surface area contributed by atoms with Gasteiger partial charge >= 0.3 is 0 Å². The van der Waals surface area contributed by atoms with Crippen molar-refractivity contribution in [2.24, 2.45) is 5.10 Å². The third-order valence-electron chi connectivity index (χ3n) is 1.39. The molecular weight excluding hydrogens is 152 g/mol. The van der Waals surface area contributed by atoms with Crippen molar-refractivity contribution < 1.29 is 9.78 Å². The SMILES string of the molecule is CCCC([O-])=N[n+]1ccccc1. The zero-order valence-corrected chi connectivity index (χ0v) is 7.10. The first kappa shape index (κ1) is 8.71. The van der Waals surface area contributed by atoms with Crippen LogP contribution in [0.25, 0.3) is 0 Å². The maximum Gasteiger partial charge on any atom is 0.202 e. The molecule has 0 bridgehead atoms. The molecule has 0 saturated heterocycles. The first-order chi connectivity index (χ1) is 5.83. The second-order valence-corrected chi connectivity index (χ2v) is 2.50. The zero-order chi connectivity index (χ0) is 8.81. The van der Waals surface area contributed by atoms with Gasteiger partial charge < -0.3 is 5.11 Å². The number of hydrogen-bond acceptors (Lipinski definition) is 2. The van der Waals surface area contributed by atoms with Crippen LogP contribution in [-0.4, -0.2) is 5.90 Å². The largest absolute Gasteiger partial charge is 0.858 e. The lowest BCUT2D eigenvalue weighted by Gasteiger charge is -2.02. The number of hydrogen-bond donors (Lipinski definition) is 0. The van der Waals surface area contributed by atoms with Crippen LogP contribution < -0.4 is 9.78 Å². The highest BCUT2D eigenvalue weighted by Crippen LogP contribution is 1.84. The Balaban J connectivity index is 2.67. The van der Waals surface area contributed by atoms with Crippen molar-refractivity contribution in [1.82, 2.24) is 0 Å². The Morgan fingerprint density at radius 1 is 1.33 bits per heavy atom. The fraction of sp³-hybridized carbons (Fsp3) is 0.333. The smallest absolute Gasteiger partial charge is 0.202 e. The molecule has 0 spiro atoms. The Bertz CT molecular complexity index is 256. The molecule has 0 radical (unpaired) electrons. The summed E-state index contributed by atoms with van der Waals surface area (Å²) < 4.78 is 1.53. The molecule has 0 unspecified atom stereocenters. The summed E-state index contributed by atoms with van der Waals surface area (Å²) in [6.07, 6.45) is 4.85. The Hall–Kier alpha value is -1.38. The Morgan fingerprint density at radius 2 is 2.00 bits per heavy atom. The number of nitrogens with zero attached hydrogens (tertiary/aromatic N) is 2. The minimum atomic E-state index is -0.0753. The monoisotopic (exact) mass is 164 g/mol.